The van der Waals surface area contributed by atoms with E-state index in [9.17, 15) is 9.59 Å². The molecule has 0 atom stereocenters. The van der Waals surface area contributed by atoms with Crippen LogP contribution in [0.2, 0.25) is 0 Å². The average Bonchev–Trinajstić information content (AvgIpc) is 2.56. The number of nitrogens with one attached hydrogen (secondary N) is 2. The van der Waals surface area contributed by atoms with Crippen LogP contribution in [0.4, 0.5) is 11.4 Å². The summed E-state index contributed by atoms with van der Waals surface area (Å²) in [7, 11) is 0. The van der Waals surface area contributed by atoms with Crippen molar-refractivity contribution < 1.29 is 9.59 Å². The maximum Gasteiger partial charge on any atom is 0.257 e. The lowest BCUT2D eigenvalue weighted by atomic mass is 10.2. The fourth-order valence-corrected chi connectivity index (χ4v) is 2.39. The van der Waals surface area contributed by atoms with E-state index in [0.717, 1.165) is 5.69 Å². The summed E-state index contributed by atoms with van der Waals surface area (Å²) >= 11 is 0. The average molecular weight is 296 g/mol. The number of nitrogens with zero attached hydrogens (tertiary/aromatic N) is 2. The smallest absolute Gasteiger partial charge is 0.257 e. The molecule has 6 nitrogen and oxygen atoms in total. The van der Waals surface area contributed by atoms with Gasteiger partial charge in [0.25, 0.3) is 5.91 Å². The number of hydrogen-bond acceptors (Lipinski definition) is 4. The van der Waals surface area contributed by atoms with Crippen LogP contribution in [0.25, 0.3) is 0 Å². The third kappa shape index (κ3) is 3.06. The van der Waals surface area contributed by atoms with Crippen molar-refractivity contribution in [2.75, 3.05) is 29.9 Å². The van der Waals surface area contributed by atoms with E-state index >= 15 is 0 Å². The molecule has 2 heterocycles. The highest BCUT2D eigenvalue weighted by Gasteiger charge is 2.19. The van der Waals surface area contributed by atoms with Crippen LogP contribution >= 0.6 is 0 Å². The quantitative estimate of drug-likeness (QED) is 0.894. The van der Waals surface area contributed by atoms with E-state index < -0.39 is 0 Å². The minimum atomic E-state index is -0.220. The van der Waals surface area contributed by atoms with E-state index in [4.69, 9.17) is 0 Å². The molecule has 2 aromatic rings. The molecule has 6 heteroatoms. The Bertz CT molecular complexity index is 688. The van der Waals surface area contributed by atoms with E-state index in [1.54, 1.807) is 18.3 Å². The molecule has 0 radical (unpaired) electrons. The molecule has 112 valence electrons. The highest BCUT2D eigenvalue weighted by atomic mass is 16.2. The molecule has 2 amide bonds. The zero-order chi connectivity index (χ0) is 15.4. The SMILES string of the molecule is O=C1CN(c2ccccc2NC(=O)c2cccnc2)CCN1. The van der Waals surface area contributed by atoms with Gasteiger partial charge in [0.1, 0.15) is 0 Å². The van der Waals surface area contributed by atoms with Crippen LogP contribution in [0.5, 0.6) is 0 Å². The minimum absolute atomic E-state index is 0.0142. The Morgan fingerprint density at radius 1 is 1.23 bits per heavy atom. The Kier molecular flexibility index (Phi) is 4.00. The van der Waals surface area contributed by atoms with Crippen LogP contribution in [0.15, 0.2) is 48.8 Å². The van der Waals surface area contributed by atoms with Crippen molar-refractivity contribution >= 4 is 23.2 Å². The third-order valence-electron chi connectivity index (χ3n) is 3.46. The first kappa shape index (κ1) is 14.1. The fraction of sp³-hybridized carbons (Fsp3) is 0.188. The highest BCUT2D eigenvalue weighted by molar-refractivity contribution is 6.05. The van der Waals surface area contributed by atoms with Crippen LogP contribution in [0.1, 0.15) is 10.4 Å². The molecule has 0 aliphatic carbocycles. The van der Waals surface area contributed by atoms with Gasteiger partial charge in [-0.15, -0.1) is 0 Å². The third-order valence-corrected chi connectivity index (χ3v) is 3.46. The number of para-hydroxylation sites is 2. The molecule has 1 aliphatic heterocycles. The molecule has 22 heavy (non-hydrogen) atoms. The fourth-order valence-electron chi connectivity index (χ4n) is 2.39. The normalized spacial score (nSPS) is 14.4. The summed E-state index contributed by atoms with van der Waals surface area (Å²) in [5, 5.41) is 5.68. The second kappa shape index (κ2) is 6.26. The van der Waals surface area contributed by atoms with Gasteiger partial charge in [0, 0.05) is 25.5 Å². The first-order valence-corrected chi connectivity index (χ1v) is 7.06. The van der Waals surface area contributed by atoms with Crippen molar-refractivity contribution in [3.05, 3.63) is 54.4 Å². The number of pyridine rings is 1. The van der Waals surface area contributed by atoms with Gasteiger partial charge in [-0.3, -0.25) is 14.6 Å². The van der Waals surface area contributed by atoms with E-state index in [1.807, 2.05) is 29.2 Å². The molecule has 3 rings (SSSR count). The number of aromatic nitrogens is 1. The minimum Gasteiger partial charge on any atom is -0.359 e. The molecule has 0 bridgehead atoms. The maximum absolute atomic E-state index is 12.3. The van der Waals surface area contributed by atoms with Crippen LogP contribution < -0.4 is 15.5 Å². The predicted molar refractivity (Wildman–Crippen MR) is 83.9 cm³/mol. The summed E-state index contributed by atoms with van der Waals surface area (Å²) in [6.07, 6.45) is 3.14. The topological polar surface area (TPSA) is 74.3 Å². The lowest BCUT2D eigenvalue weighted by Gasteiger charge is -2.30. The summed E-state index contributed by atoms with van der Waals surface area (Å²) in [6.45, 7) is 1.61. The Morgan fingerprint density at radius 3 is 2.86 bits per heavy atom. The van der Waals surface area contributed by atoms with Gasteiger partial charge in [0.15, 0.2) is 0 Å². The van der Waals surface area contributed by atoms with Gasteiger partial charge >= 0.3 is 0 Å². The maximum atomic E-state index is 12.3. The van der Waals surface area contributed by atoms with Crippen molar-refractivity contribution in [2.45, 2.75) is 0 Å². The summed E-state index contributed by atoms with van der Waals surface area (Å²) < 4.78 is 0. The van der Waals surface area contributed by atoms with Crippen molar-refractivity contribution in [3.63, 3.8) is 0 Å². The zero-order valence-electron chi connectivity index (χ0n) is 12.0. The van der Waals surface area contributed by atoms with Crippen molar-refractivity contribution in [2.24, 2.45) is 0 Å². The lowest BCUT2D eigenvalue weighted by molar-refractivity contribution is -0.120. The zero-order valence-corrected chi connectivity index (χ0v) is 12.0. The Hall–Kier alpha value is -2.89. The summed E-state index contributed by atoms with van der Waals surface area (Å²) in [6, 6.07) is 10.9. The molecule has 1 fully saturated rings. The lowest BCUT2D eigenvalue weighted by Crippen LogP contribution is -2.47. The number of benzene rings is 1. The number of carbonyl (C=O) groups is 2. The predicted octanol–water partition coefficient (Wildman–Crippen LogP) is 1.27. The van der Waals surface area contributed by atoms with Gasteiger partial charge in [-0.25, -0.2) is 0 Å². The Morgan fingerprint density at radius 2 is 2.09 bits per heavy atom. The Labute approximate surface area is 128 Å². The van der Waals surface area contributed by atoms with Gasteiger partial charge in [0.05, 0.1) is 23.5 Å². The van der Waals surface area contributed by atoms with E-state index in [2.05, 4.69) is 15.6 Å². The number of anilines is 2. The van der Waals surface area contributed by atoms with Gasteiger partial charge in [-0.1, -0.05) is 12.1 Å². The van der Waals surface area contributed by atoms with Gasteiger partial charge < -0.3 is 15.5 Å². The number of amides is 2. The molecule has 1 aromatic carbocycles. The van der Waals surface area contributed by atoms with Crippen LogP contribution in [-0.2, 0) is 4.79 Å². The second-order valence-corrected chi connectivity index (χ2v) is 4.98. The van der Waals surface area contributed by atoms with E-state index in [0.29, 0.717) is 30.9 Å². The molecular weight excluding hydrogens is 280 g/mol. The largest absolute Gasteiger partial charge is 0.359 e. The van der Waals surface area contributed by atoms with Crippen LogP contribution in [0, 0.1) is 0 Å². The molecule has 2 N–H and O–H groups in total. The van der Waals surface area contributed by atoms with Gasteiger partial charge in [-0.05, 0) is 24.3 Å². The number of rotatable bonds is 3. The standard InChI is InChI=1S/C16H16N4O2/c21-15-11-20(9-8-18-15)14-6-2-1-5-13(14)19-16(22)12-4-3-7-17-10-12/h1-7,10H,8-9,11H2,(H,18,21)(H,19,22). The summed E-state index contributed by atoms with van der Waals surface area (Å²) in [5.74, 6) is -0.235. The van der Waals surface area contributed by atoms with Crippen molar-refractivity contribution in [3.8, 4) is 0 Å². The number of hydrogen-bond donors (Lipinski definition) is 2. The first-order valence-electron chi connectivity index (χ1n) is 7.06. The molecular formula is C16H16N4O2. The second-order valence-electron chi connectivity index (χ2n) is 4.98. The van der Waals surface area contributed by atoms with Crippen molar-refractivity contribution in [1.82, 2.24) is 10.3 Å². The molecule has 0 unspecified atom stereocenters. The molecule has 0 saturated carbocycles. The van der Waals surface area contributed by atoms with Crippen LogP contribution in [-0.4, -0.2) is 36.4 Å². The Balaban J connectivity index is 1.82. The first-order chi connectivity index (χ1) is 10.7. The monoisotopic (exact) mass is 296 g/mol. The molecule has 1 aliphatic rings. The highest BCUT2D eigenvalue weighted by Crippen LogP contribution is 2.26. The van der Waals surface area contributed by atoms with Gasteiger partial charge in [0.2, 0.25) is 5.91 Å². The van der Waals surface area contributed by atoms with Gasteiger partial charge in [-0.2, -0.15) is 0 Å². The van der Waals surface area contributed by atoms with Crippen molar-refractivity contribution in [1.29, 1.82) is 0 Å². The molecule has 1 saturated heterocycles. The van der Waals surface area contributed by atoms with E-state index in [1.165, 1.54) is 6.20 Å². The summed E-state index contributed by atoms with van der Waals surface area (Å²) in [4.78, 5) is 29.7. The number of carbonyl (C=O) groups excluding carboxylic acids is 2. The molecule has 1 aromatic heterocycles. The number of piperazine rings is 1. The summed E-state index contributed by atoms with van der Waals surface area (Å²) in [5.41, 5.74) is 2.02. The molecule has 0 spiro atoms. The van der Waals surface area contributed by atoms with Crippen LogP contribution in [0.3, 0.4) is 0 Å². The van der Waals surface area contributed by atoms with E-state index in [-0.39, 0.29) is 11.8 Å².